The lowest BCUT2D eigenvalue weighted by Gasteiger charge is -2.15. The second kappa shape index (κ2) is 10.5. The summed E-state index contributed by atoms with van der Waals surface area (Å²) in [6.07, 6.45) is 1.43. The molecule has 1 aliphatic heterocycles. The number of aliphatic imine (C=N–C) groups is 1. The lowest BCUT2D eigenvalue weighted by molar-refractivity contribution is 0.102. The largest absolute Gasteiger partial charge is 0.352 e. The average Bonchev–Trinajstić information content (AvgIpc) is 3.25. The maximum absolute atomic E-state index is 12.8. The van der Waals surface area contributed by atoms with Gasteiger partial charge in [0.05, 0.1) is 22.8 Å². The third-order valence-corrected chi connectivity index (χ3v) is 5.63. The highest BCUT2D eigenvalue weighted by Gasteiger charge is 2.16. The van der Waals surface area contributed by atoms with Crippen LogP contribution >= 0.6 is 23.2 Å². The van der Waals surface area contributed by atoms with E-state index in [0.29, 0.717) is 33.7 Å². The van der Waals surface area contributed by atoms with Crippen molar-refractivity contribution in [1.29, 1.82) is 0 Å². The predicted molar refractivity (Wildman–Crippen MR) is 135 cm³/mol. The molecule has 4 rings (SSSR count). The first kappa shape index (κ1) is 23.5. The topological polar surface area (TPSA) is 98.7 Å². The summed E-state index contributed by atoms with van der Waals surface area (Å²) in [6.45, 7) is 2.30. The molecule has 10 heteroatoms. The molecule has 0 bridgehead atoms. The average molecular weight is 497 g/mol. The second-order valence-corrected chi connectivity index (χ2v) is 8.51. The van der Waals surface area contributed by atoms with Crippen molar-refractivity contribution < 1.29 is 9.59 Å². The van der Waals surface area contributed by atoms with Crippen molar-refractivity contribution in [2.75, 3.05) is 30.8 Å². The molecule has 0 radical (unpaired) electrons. The summed E-state index contributed by atoms with van der Waals surface area (Å²) in [6, 6.07) is 15.1. The van der Waals surface area contributed by atoms with E-state index in [2.05, 4.69) is 30.8 Å². The van der Waals surface area contributed by atoms with Gasteiger partial charge in [0.15, 0.2) is 5.96 Å². The van der Waals surface area contributed by atoms with Crippen molar-refractivity contribution in [3.05, 3.63) is 87.5 Å². The number of likely N-dealkylation sites (N-methyl/N-ethyl adjacent to an activating group) is 1. The van der Waals surface area contributed by atoms with Gasteiger partial charge in [-0.05, 0) is 48.0 Å². The molecular weight excluding hydrogens is 475 g/mol. The van der Waals surface area contributed by atoms with E-state index in [1.807, 2.05) is 19.2 Å². The van der Waals surface area contributed by atoms with Gasteiger partial charge in [-0.3, -0.25) is 14.6 Å². The lowest BCUT2D eigenvalue weighted by atomic mass is 10.1. The normalized spacial score (nSPS) is 12.8. The molecule has 1 aromatic heterocycles. The lowest BCUT2D eigenvalue weighted by Crippen LogP contribution is -2.35. The van der Waals surface area contributed by atoms with E-state index in [9.17, 15) is 9.59 Å². The third kappa shape index (κ3) is 5.84. The number of anilines is 2. The number of hydrogen-bond donors (Lipinski definition) is 3. The molecule has 0 spiro atoms. The quantitative estimate of drug-likeness (QED) is 0.472. The number of rotatable bonds is 6. The van der Waals surface area contributed by atoms with Crippen LogP contribution < -0.4 is 16.0 Å². The zero-order valence-corrected chi connectivity index (χ0v) is 19.8. The van der Waals surface area contributed by atoms with Gasteiger partial charge in [0.2, 0.25) is 0 Å². The van der Waals surface area contributed by atoms with Crippen molar-refractivity contribution in [1.82, 2.24) is 15.2 Å². The summed E-state index contributed by atoms with van der Waals surface area (Å²) < 4.78 is 0. The molecule has 2 amide bonds. The Hall–Kier alpha value is -3.62. The Bertz CT molecular complexity index is 1230. The van der Waals surface area contributed by atoms with Gasteiger partial charge >= 0.3 is 0 Å². The summed E-state index contributed by atoms with van der Waals surface area (Å²) in [5.41, 5.74) is 2.01. The molecule has 34 heavy (non-hydrogen) atoms. The van der Waals surface area contributed by atoms with Gasteiger partial charge in [-0.25, -0.2) is 4.98 Å². The van der Waals surface area contributed by atoms with Crippen LogP contribution in [0.5, 0.6) is 0 Å². The maximum atomic E-state index is 12.8. The first-order valence-corrected chi connectivity index (χ1v) is 11.3. The van der Waals surface area contributed by atoms with Crippen molar-refractivity contribution in [3.8, 4) is 0 Å². The Morgan fingerprint density at radius 3 is 2.41 bits per heavy atom. The fourth-order valence-corrected chi connectivity index (χ4v) is 3.60. The predicted octanol–water partition coefficient (Wildman–Crippen LogP) is 4.28. The summed E-state index contributed by atoms with van der Waals surface area (Å²) in [5, 5.41) is 9.57. The van der Waals surface area contributed by atoms with Crippen LogP contribution in [0, 0.1) is 0 Å². The van der Waals surface area contributed by atoms with Crippen molar-refractivity contribution in [2.45, 2.75) is 6.54 Å². The smallest absolute Gasteiger partial charge is 0.258 e. The van der Waals surface area contributed by atoms with Crippen LogP contribution in [0.2, 0.25) is 10.0 Å². The number of carbonyl (C=O) groups excluding carboxylic acids is 2. The Balaban J connectivity index is 1.43. The van der Waals surface area contributed by atoms with Gasteiger partial charge in [0.25, 0.3) is 11.8 Å². The van der Waals surface area contributed by atoms with E-state index in [1.165, 1.54) is 12.3 Å². The van der Waals surface area contributed by atoms with Crippen molar-refractivity contribution in [2.24, 2.45) is 4.99 Å². The van der Waals surface area contributed by atoms with E-state index in [0.717, 1.165) is 24.6 Å². The highest BCUT2D eigenvalue weighted by molar-refractivity contribution is 6.31. The fourth-order valence-electron chi connectivity index (χ4n) is 3.32. The van der Waals surface area contributed by atoms with Crippen LogP contribution in [0.25, 0.3) is 0 Å². The van der Waals surface area contributed by atoms with Gasteiger partial charge in [-0.2, -0.15) is 0 Å². The Labute approximate surface area is 207 Å². The van der Waals surface area contributed by atoms with Gasteiger partial charge < -0.3 is 20.9 Å². The number of aromatic nitrogens is 1. The summed E-state index contributed by atoms with van der Waals surface area (Å²) >= 11 is 11.9. The molecule has 1 aliphatic rings. The highest BCUT2D eigenvalue weighted by Crippen LogP contribution is 2.23. The van der Waals surface area contributed by atoms with Gasteiger partial charge in [0.1, 0.15) is 5.82 Å². The minimum absolute atomic E-state index is 0.208. The number of guanidine groups is 1. The molecular formula is C24H22Cl2N6O2. The molecule has 0 unspecified atom stereocenters. The molecule has 0 saturated heterocycles. The summed E-state index contributed by atoms with van der Waals surface area (Å²) in [7, 11) is 1.99. The van der Waals surface area contributed by atoms with E-state index in [-0.39, 0.29) is 11.5 Å². The molecule has 0 fully saturated rings. The van der Waals surface area contributed by atoms with E-state index < -0.39 is 5.91 Å². The highest BCUT2D eigenvalue weighted by atomic mass is 35.5. The molecule has 2 aromatic carbocycles. The molecule has 0 atom stereocenters. The Morgan fingerprint density at radius 1 is 0.971 bits per heavy atom. The van der Waals surface area contributed by atoms with Crippen LogP contribution in [0.1, 0.15) is 26.3 Å². The summed E-state index contributed by atoms with van der Waals surface area (Å²) in [4.78, 5) is 36.2. The molecule has 3 aromatic rings. The van der Waals surface area contributed by atoms with E-state index in [4.69, 9.17) is 23.2 Å². The number of nitrogens with zero attached hydrogens (tertiary/aromatic N) is 3. The molecule has 174 valence electrons. The van der Waals surface area contributed by atoms with Gasteiger partial charge in [-0.15, -0.1) is 0 Å². The Morgan fingerprint density at radius 2 is 1.74 bits per heavy atom. The fraction of sp³-hybridized carbons (Fsp3) is 0.167. The maximum Gasteiger partial charge on any atom is 0.258 e. The molecule has 0 saturated carbocycles. The van der Waals surface area contributed by atoms with Crippen molar-refractivity contribution >= 4 is 52.5 Å². The summed E-state index contributed by atoms with van der Waals surface area (Å²) in [5.74, 6) is 0.379. The number of carbonyl (C=O) groups is 2. The first-order chi connectivity index (χ1) is 16.4. The molecule has 0 aliphatic carbocycles. The van der Waals surface area contributed by atoms with Crippen LogP contribution in [-0.2, 0) is 6.54 Å². The van der Waals surface area contributed by atoms with Crippen LogP contribution in [0.4, 0.5) is 11.5 Å². The van der Waals surface area contributed by atoms with Gasteiger partial charge in [-0.1, -0.05) is 35.3 Å². The number of nitrogens with one attached hydrogen (secondary N) is 3. The van der Waals surface area contributed by atoms with E-state index >= 15 is 0 Å². The van der Waals surface area contributed by atoms with Crippen LogP contribution in [-0.4, -0.2) is 47.8 Å². The number of halogens is 2. The van der Waals surface area contributed by atoms with Crippen molar-refractivity contribution in [3.63, 3.8) is 0 Å². The molecule has 3 N–H and O–H groups in total. The van der Waals surface area contributed by atoms with E-state index in [1.54, 1.807) is 36.4 Å². The zero-order chi connectivity index (χ0) is 24.1. The van der Waals surface area contributed by atoms with Gasteiger partial charge in [0, 0.05) is 36.9 Å². The SMILES string of the molecule is CN1CCN=C1NCc1ccc(C(=O)Nc2ccc(Cl)cc2C(=O)Nc2ccc(Cl)cn2)cc1. The molecule has 8 nitrogen and oxygen atoms in total. The minimum Gasteiger partial charge on any atom is -0.352 e. The number of amides is 2. The monoisotopic (exact) mass is 496 g/mol. The van der Waals surface area contributed by atoms with Crippen LogP contribution in [0.15, 0.2) is 65.8 Å². The second-order valence-electron chi connectivity index (χ2n) is 7.64. The minimum atomic E-state index is -0.464. The molecule has 2 heterocycles. The number of hydrogen-bond acceptors (Lipinski definition) is 6. The zero-order valence-electron chi connectivity index (χ0n) is 18.3. The van der Waals surface area contributed by atoms with Crippen LogP contribution in [0.3, 0.4) is 0 Å². The third-order valence-electron chi connectivity index (χ3n) is 5.17. The number of benzene rings is 2. The standard InChI is InChI=1S/C24H22Cl2N6O2/c1-32-11-10-27-24(32)29-13-15-2-4-16(5-3-15)22(33)30-20-8-6-17(25)12-19(20)23(34)31-21-9-7-18(26)14-28-21/h2-9,12,14H,10-11,13H2,1H3,(H,27,29)(H,30,33)(H,28,31,34). The Kier molecular flexibility index (Phi) is 7.30. The first-order valence-electron chi connectivity index (χ1n) is 10.5. The number of pyridine rings is 1.